The number of hydrogen-bond donors (Lipinski definition) is 1. The Labute approximate surface area is 115 Å². The second-order valence-corrected chi connectivity index (χ2v) is 5.83. The van der Waals surface area contributed by atoms with Crippen molar-refractivity contribution in [1.29, 1.82) is 0 Å². The van der Waals surface area contributed by atoms with Crippen LogP contribution in [0.3, 0.4) is 0 Å². The van der Waals surface area contributed by atoms with Gasteiger partial charge in [0.15, 0.2) is 0 Å². The maximum atomic E-state index is 12.1. The van der Waals surface area contributed by atoms with Gasteiger partial charge in [-0.2, -0.15) is 0 Å². The number of halogens is 1. The van der Waals surface area contributed by atoms with E-state index < -0.39 is 0 Å². The molecule has 2 nitrogen and oxygen atoms in total. The molecular formula is C15H22ClNO. The first kappa shape index (κ1) is 15.0. The van der Waals surface area contributed by atoms with Crippen LogP contribution >= 0.6 is 11.6 Å². The summed E-state index contributed by atoms with van der Waals surface area (Å²) in [4.78, 5) is 12.1. The number of amides is 1. The smallest absolute Gasteiger partial charge is 0.227 e. The summed E-state index contributed by atoms with van der Waals surface area (Å²) in [6.07, 6.45) is 0.897. The molecule has 0 aliphatic heterocycles. The Morgan fingerprint density at radius 1 is 1.33 bits per heavy atom. The van der Waals surface area contributed by atoms with E-state index in [1.165, 1.54) is 0 Å². The minimum atomic E-state index is -0.113. The molecule has 0 bridgehead atoms. The van der Waals surface area contributed by atoms with Gasteiger partial charge < -0.3 is 5.32 Å². The van der Waals surface area contributed by atoms with Crippen LogP contribution in [0.25, 0.3) is 0 Å². The minimum Gasteiger partial charge on any atom is -0.355 e. The second-order valence-electron chi connectivity index (χ2n) is 5.45. The van der Waals surface area contributed by atoms with Crippen LogP contribution in [0.1, 0.15) is 38.7 Å². The van der Waals surface area contributed by atoms with Crippen molar-refractivity contribution in [3.63, 3.8) is 0 Å². The fourth-order valence-corrected chi connectivity index (χ4v) is 2.23. The van der Waals surface area contributed by atoms with Crippen LogP contribution in [0.5, 0.6) is 0 Å². The maximum absolute atomic E-state index is 12.1. The third-order valence-electron chi connectivity index (χ3n) is 3.21. The fraction of sp³-hybridized carbons (Fsp3) is 0.533. The highest BCUT2D eigenvalue weighted by atomic mass is 35.5. The molecule has 0 aliphatic carbocycles. The standard InChI is InChI=1S/C15H22ClNO/c1-12(13-7-5-4-6-8-13)14(18)17-11-15(2,3)9-10-16/h4-8,12H,9-11H2,1-3H3,(H,17,18). The number of benzene rings is 1. The van der Waals surface area contributed by atoms with Crippen LogP contribution in [0.2, 0.25) is 0 Å². The van der Waals surface area contributed by atoms with Gasteiger partial charge in [0.05, 0.1) is 5.92 Å². The van der Waals surface area contributed by atoms with Crippen molar-refractivity contribution in [3.8, 4) is 0 Å². The zero-order valence-corrected chi connectivity index (χ0v) is 12.1. The summed E-state index contributed by atoms with van der Waals surface area (Å²) in [5.74, 6) is 0.582. The first-order chi connectivity index (χ1) is 8.46. The lowest BCUT2D eigenvalue weighted by Crippen LogP contribution is -2.36. The number of rotatable bonds is 6. The molecule has 0 aromatic heterocycles. The molecule has 0 radical (unpaired) electrons. The van der Waals surface area contributed by atoms with Crippen LogP contribution in [0.4, 0.5) is 0 Å². The van der Waals surface area contributed by atoms with Gasteiger partial charge in [-0.05, 0) is 24.3 Å². The van der Waals surface area contributed by atoms with E-state index in [0.717, 1.165) is 12.0 Å². The van der Waals surface area contributed by atoms with E-state index in [2.05, 4.69) is 19.2 Å². The number of carbonyl (C=O) groups excluding carboxylic acids is 1. The summed E-state index contributed by atoms with van der Waals surface area (Å²) in [6, 6.07) is 9.83. The molecule has 1 aromatic carbocycles. The molecular weight excluding hydrogens is 246 g/mol. The van der Waals surface area contributed by atoms with Gasteiger partial charge in [0.1, 0.15) is 0 Å². The highest BCUT2D eigenvalue weighted by molar-refractivity contribution is 6.17. The van der Waals surface area contributed by atoms with Crippen molar-refractivity contribution >= 4 is 17.5 Å². The third kappa shape index (κ3) is 4.69. The largest absolute Gasteiger partial charge is 0.355 e. The van der Waals surface area contributed by atoms with Crippen LogP contribution in [0, 0.1) is 5.41 Å². The van der Waals surface area contributed by atoms with Gasteiger partial charge in [0.25, 0.3) is 0 Å². The van der Waals surface area contributed by atoms with Crippen molar-refractivity contribution in [2.45, 2.75) is 33.1 Å². The van der Waals surface area contributed by atoms with Gasteiger partial charge in [-0.15, -0.1) is 11.6 Å². The van der Waals surface area contributed by atoms with Crippen molar-refractivity contribution in [1.82, 2.24) is 5.32 Å². The SMILES string of the molecule is CC(C(=O)NCC(C)(C)CCCl)c1ccccc1. The molecule has 0 saturated heterocycles. The minimum absolute atomic E-state index is 0.0494. The fourth-order valence-electron chi connectivity index (χ4n) is 1.72. The quantitative estimate of drug-likeness (QED) is 0.785. The normalized spacial score (nSPS) is 13.1. The van der Waals surface area contributed by atoms with E-state index in [1.807, 2.05) is 37.3 Å². The number of carbonyl (C=O) groups is 1. The van der Waals surface area contributed by atoms with Gasteiger partial charge in [0, 0.05) is 12.4 Å². The Hall–Kier alpha value is -1.02. The molecule has 1 atom stereocenters. The molecule has 0 saturated carbocycles. The molecule has 1 amide bonds. The highest BCUT2D eigenvalue weighted by Crippen LogP contribution is 2.20. The van der Waals surface area contributed by atoms with Crippen LogP contribution in [-0.2, 0) is 4.79 Å². The molecule has 1 rings (SSSR count). The second kappa shape index (κ2) is 6.79. The average molecular weight is 268 g/mol. The lowest BCUT2D eigenvalue weighted by atomic mass is 9.90. The summed E-state index contributed by atoms with van der Waals surface area (Å²) in [6.45, 7) is 6.82. The van der Waals surface area contributed by atoms with Crippen LogP contribution < -0.4 is 5.32 Å². The first-order valence-corrected chi connectivity index (χ1v) is 6.88. The zero-order valence-electron chi connectivity index (χ0n) is 11.4. The molecule has 18 heavy (non-hydrogen) atoms. The van der Waals surface area contributed by atoms with Crippen LogP contribution in [0.15, 0.2) is 30.3 Å². The van der Waals surface area contributed by atoms with Crippen molar-refractivity contribution in [2.24, 2.45) is 5.41 Å². The number of nitrogens with one attached hydrogen (secondary N) is 1. The van der Waals surface area contributed by atoms with E-state index in [0.29, 0.717) is 12.4 Å². The average Bonchev–Trinajstić information content (AvgIpc) is 2.36. The van der Waals surface area contributed by atoms with E-state index in [-0.39, 0.29) is 17.2 Å². The molecule has 3 heteroatoms. The molecule has 0 spiro atoms. The van der Waals surface area contributed by atoms with Gasteiger partial charge in [-0.25, -0.2) is 0 Å². The predicted molar refractivity (Wildman–Crippen MR) is 77.0 cm³/mol. The number of alkyl halides is 1. The predicted octanol–water partition coefficient (Wildman–Crippen LogP) is 3.56. The van der Waals surface area contributed by atoms with Gasteiger partial charge >= 0.3 is 0 Å². The topological polar surface area (TPSA) is 29.1 Å². The molecule has 1 unspecified atom stereocenters. The lowest BCUT2D eigenvalue weighted by Gasteiger charge is -2.25. The molecule has 1 aromatic rings. The molecule has 1 N–H and O–H groups in total. The molecule has 0 heterocycles. The van der Waals surface area contributed by atoms with Crippen molar-refractivity contribution in [2.75, 3.05) is 12.4 Å². The van der Waals surface area contributed by atoms with E-state index in [1.54, 1.807) is 0 Å². The van der Waals surface area contributed by atoms with Crippen molar-refractivity contribution < 1.29 is 4.79 Å². The van der Waals surface area contributed by atoms with Gasteiger partial charge in [-0.3, -0.25) is 4.79 Å². The Kier molecular flexibility index (Phi) is 5.67. The Bertz CT molecular complexity index is 375. The monoisotopic (exact) mass is 267 g/mol. The van der Waals surface area contributed by atoms with Crippen LogP contribution in [-0.4, -0.2) is 18.3 Å². The first-order valence-electron chi connectivity index (χ1n) is 6.35. The van der Waals surface area contributed by atoms with Gasteiger partial charge in [-0.1, -0.05) is 44.2 Å². The Morgan fingerprint density at radius 3 is 2.50 bits per heavy atom. The molecule has 100 valence electrons. The lowest BCUT2D eigenvalue weighted by molar-refractivity contribution is -0.122. The maximum Gasteiger partial charge on any atom is 0.227 e. The highest BCUT2D eigenvalue weighted by Gasteiger charge is 2.20. The van der Waals surface area contributed by atoms with E-state index in [9.17, 15) is 4.79 Å². The zero-order chi connectivity index (χ0) is 13.6. The Balaban J connectivity index is 2.51. The summed E-state index contributed by atoms with van der Waals surface area (Å²) in [7, 11) is 0. The molecule has 0 fully saturated rings. The Morgan fingerprint density at radius 2 is 1.94 bits per heavy atom. The van der Waals surface area contributed by atoms with Gasteiger partial charge in [0.2, 0.25) is 5.91 Å². The summed E-state index contributed by atoms with van der Waals surface area (Å²) in [5.41, 5.74) is 1.10. The third-order valence-corrected chi connectivity index (χ3v) is 3.39. The number of hydrogen-bond acceptors (Lipinski definition) is 1. The summed E-state index contributed by atoms with van der Waals surface area (Å²) < 4.78 is 0. The van der Waals surface area contributed by atoms with E-state index in [4.69, 9.17) is 11.6 Å². The summed E-state index contributed by atoms with van der Waals surface area (Å²) in [5, 5.41) is 3.01. The van der Waals surface area contributed by atoms with Crippen molar-refractivity contribution in [3.05, 3.63) is 35.9 Å². The van der Waals surface area contributed by atoms with E-state index >= 15 is 0 Å². The summed E-state index contributed by atoms with van der Waals surface area (Å²) >= 11 is 5.75. The molecule has 0 aliphatic rings.